The highest BCUT2D eigenvalue weighted by Crippen LogP contribution is 1.93. The van der Waals surface area contributed by atoms with E-state index in [9.17, 15) is 0 Å². The summed E-state index contributed by atoms with van der Waals surface area (Å²) in [5, 5.41) is 3.22. The van der Waals surface area contributed by atoms with E-state index in [1.54, 1.807) is 0 Å². The maximum atomic E-state index is 5.49. The van der Waals surface area contributed by atoms with Crippen LogP contribution in [0.3, 0.4) is 0 Å². The zero-order valence-corrected chi connectivity index (χ0v) is 7.19. The van der Waals surface area contributed by atoms with Gasteiger partial charge in [0, 0.05) is 30.9 Å². The first kappa shape index (κ1) is 8.62. The van der Waals surface area contributed by atoms with Crippen LogP contribution in [0.15, 0.2) is 18.3 Å². The average molecular weight is 173 g/mol. The lowest BCUT2D eigenvalue weighted by Gasteiger charge is -1.99. The molecule has 0 atom stereocenters. The number of hydrogen-bond acceptors (Lipinski definition) is 1. The molecular weight excluding hydrogens is 160 g/mol. The third-order valence-corrected chi connectivity index (χ3v) is 1.69. The van der Waals surface area contributed by atoms with Crippen molar-refractivity contribution in [1.82, 2.24) is 10.3 Å². The molecule has 1 rings (SSSR count). The van der Waals surface area contributed by atoms with E-state index < -0.39 is 0 Å². The summed E-state index contributed by atoms with van der Waals surface area (Å²) >= 11 is 5.49. The van der Waals surface area contributed by atoms with Gasteiger partial charge in [-0.1, -0.05) is 0 Å². The monoisotopic (exact) mass is 172 g/mol. The molecule has 1 aromatic rings. The summed E-state index contributed by atoms with van der Waals surface area (Å²) in [5.74, 6) is 0.685. The van der Waals surface area contributed by atoms with Gasteiger partial charge in [-0.05, 0) is 18.6 Å². The van der Waals surface area contributed by atoms with Gasteiger partial charge < -0.3 is 10.3 Å². The molecule has 0 fully saturated rings. The summed E-state index contributed by atoms with van der Waals surface area (Å²) in [7, 11) is 0. The summed E-state index contributed by atoms with van der Waals surface area (Å²) in [6.07, 6.45) is 2.99. The predicted molar refractivity (Wildman–Crippen MR) is 48.1 cm³/mol. The lowest BCUT2D eigenvalue weighted by molar-refractivity contribution is 0.712. The second-order valence-corrected chi connectivity index (χ2v) is 2.76. The molecule has 0 aromatic carbocycles. The van der Waals surface area contributed by atoms with Gasteiger partial charge in [0.05, 0.1) is 0 Å². The molecule has 0 saturated carbocycles. The van der Waals surface area contributed by atoms with Crippen LogP contribution >= 0.6 is 11.6 Å². The number of rotatable bonds is 5. The molecule has 0 unspecified atom stereocenters. The van der Waals surface area contributed by atoms with Crippen molar-refractivity contribution in [2.45, 2.75) is 6.42 Å². The first-order valence-corrected chi connectivity index (χ1v) is 4.36. The molecule has 62 valence electrons. The minimum absolute atomic E-state index is 0.685. The number of alkyl halides is 1. The van der Waals surface area contributed by atoms with Gasteiger partial charge in [-0.25, -0.2) is 0 Å². The smallest absolute Gasteiger partial charge is 0.0348 e. The van der Waals surface area contributed by atoms with Crippen molar-refractivity contribution in [1.29, 1.82) is 0 Å². The highest BCUT2D eigenvalue weighted by molar-refractivity contribution is 6.18. The molecule has 0 bridgehead atoms. The van der Waals surface area contributed by atoms with Crippen LogP contribution in [0.25, 0.3) is 0 Å². The Morgan fingerprint density at radius 3 is 3.00 bits per heavy atom. The zero-order valence-electron chi connectivity index (χ0n) is 6.44. The highest BCUT2D eigenvalue weighted by Gasteiger charge is 1.90. The van der Waals surface area contributed by atoms with Crippen LogP contribution in [0.5, 0.6) is 0 Å². The lowest BCUT2D eigenvalue weighted by atomic mass is 10.3. The Morgan fingerprint density at radius 2 is 2.36 bits per heavy atom. The van der Waals surface area contributed by atoms with E-state index in [1.807, 2.05) is 12.3 Å². The quantitative estimate of drug-likeness (QED) is 0.510. The van der Waals surface area contributed by atoms with Crippen molar-refractivity contribution in [3.8, 4) is 0 Å². The molecule has 2 N–H and O–H groups in total. The van der Waals surface area contributed by atoms with Crippen LogP contribution in [0.2, 0.25) is 0 Å². The number of aromatic amines is 1. The summed E-state index contributed by atoms with van der Waals surface area (Å²) in [6, 6.07) is 4.10. The van der Waals surface area contributed by atoms with Crippen molar-refractivity contribution in [2.75, 3.05) is 19.0 Å². The van der Waals surface area contributed by atoms with Gasteiger partial charge >= 0.3 is 0 Å². The van der Waals surface area contributed by atoms with Crippen molar-refractivity contribution in [2.24, 2.45) is 0 Å². The largest absolute Gasteiger partial charge is 0.365 e. The summed E-state index contributed by atoms with van der Waals surface area (Å²) in [5.41, 5.74) is 1.27. The Hall–Kier alpha value is -0.470. The number of aromatic nitrogens is 1. The van der Waals surface area contributed by atoms with Crippen molar-refractivity contribution in [3.05, 3.63) is 24.0 Å². The zero-order chi connectivity index (χ0) is 7.94. The molecule has 0 amide bonds. The van der Waals surface area contributed by atoms with E-state index in [2.05, 4.69) is 16.4 Å². The molecule has 1 heterocycles. The van der Waals surface area contributed by atoms with Crippen LogP contribution in [0, 0.1) is 0 Å². The van der Waals surface area contributed by atoms with E-state index in [-0.39, 0.29) is 0 Å². The van der Waals surface area contributed by atoms with Crippen molar-refractivity contribution >= 4 is 11.6 Å². The van der Waals surface area contributed by atoms with Crippen LogP contribution in [0.4, 0.5) is 0 Å². The van der Waals surface area contributed by atoms with Gasteiger partial charge in [0.1, 0.15) is 0 Å². The average Bonchev–Trinajstić information content (AvgIpc) is 2.50. The Kier molecular flexibility index (Phi) is 4.09. The van der Waals surface area contributed by atoms with E-state index in [0.717, 1.165) is 19.5 Å². The van der Waals surface area contributed by atoms with Gasteiger partial charge in [0.15, 0.2) is 0 Å². The third kappa shape index (κ3) is 3.44. The maximum Gasteiger partial charge on any atom is 0.0348 e. The van der Waals surface area contributed by atoms with Gasteiger partial charge in [-0.3, -0.25) is 0 Å². The second-order valence-electron chi connectivity index (χ2n) is 2.38. The second kappa shape index (κ2) is 5.22. The molecule has 0 saturated heterocycles. The van der Waals surface area contributed by atoms with Crippen LogP contribution in [-0.2, 0) is 6.42 Å². The molecule has 0 aliphatic carbocycles. The summed E-state index contributed by atoms with van der Waals surface area (Å²) < 4.78 is 0. The molecular formula is C8H13ClN2. The fourth-order valence-electron chi connectivity index (χ4n) is 0.938. The van der Waals surface area contributed by atoms with Crippen molar-refractivity contribution < 1.29 is 0 Å². The van der Waals surface area contributed by atoms with E-state index in [1.165, 1.54) is 5.69 Å². The number of hydrogen-bond donors (Lipinski definition) is 2. The number of nitrogens with one attached hydrogen (secondary N) is 2. The first-order chi connectivity index (χ1) is 5.43. The molecule has 1 aromatic heterocycles. The van der Waals surface area contributed by atoms with Crippen LogP contribution in [-0.4, -0.2) is 24.0 Å². The molecule has 0 aliphatic heterocycles. The standard InChI is InChI=1S/C8H13ClN2/c9-4-7-10-6-3-8-2-1-5-11-8/h1-2,5,10-11H,3-4,6-7H2. The van der Waals surface area contributed by atoms with Crippen LogP contribution < -0.4 is 5.32 Å². The third-order valence-electron chi connectivity index (χ3n) is 1.50. The lowest BCUT2D eigenvalue weighted by Crippen LogP contribution is -2.19. The highest BCUT2D eigenvalue weighted by atomic mass is 35.5. The molecule has 0 radical (unpaired) electrons. The summed E-state index contributed by atoms with van der Waals surface area (Å²) in [6.45, 7) is 1.88. The van der Waals surface area contributed by atoms with Gasteiger partial charge in [0.25, 0.3) is 0 Å². The Balaban J connectivity index is 2.04. The molecule has 3 heteroatoms. The first-order valence-electron chi connectivity index (χ1n) is 3.82. The fraction of sp³-hybridized carbons (Fsp3) is 0.500. The van der Waals surface area contributed by atoms with E-state index in [0.29, 0.717) is 5.88 Å². The van der Waals surface area contributed by atoms with Gasteiger partial charge in [-0.15, -0.1) is 11.6 Å². The minimum Gasteiger partial charge on any atom is -0.365 e. The predicted octanol–water partition coefficient (Wildman–Crippen LogP) is 1.39. The molecule has 11 heavy (non-hydrogen) atoms. The van der Waals surface area contributed by atoms with E-state index >= 15 is 0 Å². The van der Waals surface area contributed by atoms with Crippen molar-refractivity contribution in [3.63, 3.8) is 0 Å². The maximum absolute atomic E-state index is 5.49. The Labute approximate surface area is 72.0 Å². The number of H-pyrrole nitrogens is 1. The minimum atomic E-state index is 0.685. The Morgan fingerprint density at radius 1 is 1.45 bits per heavy atom. The molecule has 0 aliphatic rings. The normalized spacial score (nSPS) is 10.3. The van der Waals surface area contributed by atoms with E-state index in [4.69, 9.17) is 11.6 Å². The Bertz CT molecular complexity index is 172. The number of halogens is 1. The van der Waals surface area contributed by atoms with Crippen LogP contribution in [0.1, 0.15) is 5.69 Å². The molecule has 0 spiro atoms. The van der Waals surface area contributed by atoms with Gasteiger partial charge in [0.2, 0.25) is 0 Å². The fourth-order valence-corrected chi connectivity index (χ4v) is 1.07. The summed E-state index contributed by atoms with van der Waals surface area (Å²) in [4.78, 5) is 3.14. The molecule has 2 nitrogen and oxygen atoms in total. The topological polar surface area (TPSA) is 27.8 Å². The SMILES string of the molecule is ClCCNCCc1ccc[nH]1. The van der Waals surface area contributed by atoms with Gasteiger partial charge in [-0.2, -0.15) is 0 Å².